The first-order valence-corrected chi connectivity index (χ1v) is 7.84. The van der Waals surface area contributed by atoms with E-state index >= 15 is 0 Å². The van der Waals surface area contributed by atoms with Crippen LogP contribution in [0.2, 0.25) is 0 Å². The summed E-state index contributed by atoms with van der Waals surface area (Å²) in [6.45, 7) is 2.83. The summed E-state index contributed by atoms with van der Waals surface area (Å²) in [5.74, 6) is 3.52. The zero-order valence-corrected chi connectivity index (χ0v) is 11.9. The second kappa shape index (κ2) is 6.04. The number of nitrogens with zero attached hydrogens (tertiary/aromatic N) is 2. The van der Waals surface area contributed by atoms with E-state index in [0.717, 1.165) is 36.5 Å². The molecule has 0 spiro atoms. The molecule has 0 saturated heterocycles. The molecule has 3 atom stereocenters. The SMILES string of the molecule is Cc1noc(CCNC2CCC3CCCCC3C2)n1. The van der Waals surface area contributed by atoms with Gasteiger partial charge in [0.05, 0.1) is 0 Å². The number of hydrogen-bond acceptors (Lipinski definition) is 4. The highest BCUT2D eigenvalue weighted by atomic mass is 16.5. The Kier molecular flexibility index (Phi) is 4.16. The van der Waals surface area contributed by atoms with Crippen LogP contribution in [0.1, 0.15) is 56.7 Å². The minimum atomic E-state index is 0.711. The second-order valence-electron chi connectivity index (χ2n) is 6.25. The van der Waals surface area contributed by atoms with E-state index in [1.165, 1.54) is 44.9 Å². The van der Waals surface area contributed by atoms with Crippen molar-refractivity contribution < 1.29 is 4.52 Å². The van der Waals surface area contributed by atoms with Crippen molar-refractivity contribution >= 4 is 0 Å². The Bertz CT molecular complexity index is 404. The van der Waals surface area contributed by atoms with Crippen LogP contribution in [-0.2, 0) is 6.42 Å². The zero-order chi connectivity index (χ0) is 13.1. The van der Waals surface area contributed by atoms with Gasteiger partial charge in [-0.2, -0.15) is 4.98 Å². The maximum absolute atomic E-state index is 5.14. The molecule has 4 heteroatoms. The summed E-state index contributed by atoms with van der Waals surface area (Å²) in [6, 6.07) is 0.711. The standard InChI is InChI=1S/C15H25N3O/c1-11-17-15(19-18-11)8-9-16-14-7-6-12-4-2-3-5-13(12)10-14/h12-14,16H,2-10H2,1H3. The van der Waals surface area contributed by atoms with Gasteiger partial charge in [-0.25, -0.2) is 0 Å². The number of nitrogens with one attached hydrogen (secondary N) is 1. The molecule has 2 aliphatic carbocycles. The molecule has 4 nitrogen and oxygen atoms in total. The van der Waals surface area contributed by atoms with E-state index in [1.54, 1.807) is 0 Å². The fraction of sp³-hybridized carbons (Fsp3) is 0.867. The molecule has 1 heterocycles. The van der Waals surface area contributed by atoms with Crippen LogP contribution >= 0.6 is 0 Å². The molecular formula is C15H25N3O. The molecule has 0 radical (unpaired) electrons. The molecule has 2 fully saturated rings. The molecule has 106 valence electrons. The van der Waals surface area contributed by atoms with Gasteiger partial charge in [0.2, 0.25) is 5.89 Å². The van der Waals surface area contributed by atoms with E-state index < -0.39 is 0 Å². The summed E-state index contributed by atoms with van der Waals surface area (Å²) in [4.78, 5) is 4.24. The van der Waals surface area contributed by atoms with Crippen molar-refractivity contribution in [2.45, 2.75) is 64.3 Å². The average molecular weight is 263 g/mol. The Morgan fingerprint density at radius 3 is 2.79 bits per heavy atom. The van der Waals surface area contributed by atoms with Gasteiger partial charge < -0.3 is 9.84 Å². The van der Waals surface area contributed by atoms with Gasteiger partial charge in [-0.3, -0.25) is 0 Å². The van der Waals surface area contributed by atoms with Crippen LogP contribution in [0, 0.1) is 18.8 Å². The first kappa shape index (κ1) is 13.1. The number of fused-ring (bicyclic) bond motifs is 1. The van der Waals surface area contributed by atoms with E-state index in [9.17, 15) is 0 Å². The van der Waals surface area contributed by atoms with E-state index in [0.29, 0.717) is 6.04 Å². The molecule has 19 heavy (non-hydrogen) atoms. The van der Waals surface area contributed by atoms with Crippen molar-refractivity contribution in [2.75, 3.05) is 6.54 Å². The lowest BCUT2D eigenvalue weighted by molar-refractivity contribution is 0.144. The summed E-state index contributed by atoms with van der Waals surface area (Å²) in [5, 5.41) is 7.51. The molecule has 1 N–H and O–H groups in total. The van der Waals surface area contributed by atoms with Crippen LogP contribution in [0.25, 0.3) is 0 Å². The normalized spacial score (nSPS) is 31.1. The minimum absolute atomic E-state index is 0.711. The fourth-order valence-electron chi connectivity index (χ4n) is 3.88. The van der Waals surface area contributed by atoms with Crippen LogP contribution in [0.4, 0.5) is 0 Å². The molecule has 3 rings (SSSR count). The molecule has 2 aliphatic rings. The molecule has 1 aromatic rings. The molecule has 1 aromatic heterocycles. The summed E-state index contributed by atoms with van der Waals surface area (Å²) < 4.78 is 5.14. The molecule has 2 saturated carbocycles. The van der Waals surface area contributed by atoms with E-state index in [2.05, 4.69) is 15.5 Å². The van der Waals surface area contributed by atoms with Crippen LogP contribution in [0.3, 0.4) is 0 Å². The van der Waals surface area contributed by atoms with Gasteiger partial charge in [0.25, 0.3) is 0 Å². The quantitative estimate of drug-likeness (QED) is 0.907. The number of hydrogen-bond donors (Lipinski definition) is 1. The minimum Gasteiger partial charge on any atom is -0.339 e. The van der Waals surface area contributed by atoms with E-state index in [-0.39, 0.29) is 0 Å². The second-order valence-corrected chi connectivity index (χ2v) is 6.25. The van der Waals surface area contributed by atoms with Crippen molar-refractivity contribution in [3.05, 3.63) is 11.7 Å². The molecule has 0 aromatic carbocycles. The number of rotatable bonds is 4. The van der Waals surface area contributed by atoms with Gasteiger partial charge in [-0.1, -0.05) is 30.8 Å². The third-order valence-electron chi connectivity index (χ3n) is 4.88. The Morgan fingerprint density at radius 2 is 2.00 bits per heavy atom. The van der Waals surface area contributed by atoms with E-state index in [1.807, 2.05) is 6.92 Å². The first-order valence-electron chi connectivity index (χ1n) is 7.84. The maximum Gasteiger partial charge on any atom is 0.227 e. The monoisotopic (exact) mass is 263 g/mol. The highest BCUT2D eigenvalue weighted by Crippen LogP contribution is 2.40. The van der Waals surface area contributed by atoms with Crippen molar-refractivity contribution in [3.8, 4) is 0 Å². The van der Waals surface area contributed by atoms with Crippen molar-refractivity contribution in [1.82, 2.24) is 15.5 Å². The summed E-state index contributed by atoms with van der Waals surface area (Å²) in [6.07, 6.45) is 10.9. The van der Waals surface area contributed by atoms with Gasteiger partial charge >= 0.3 is 0 Å². The Hall–Kier alpha value is -0.900. The molecule has 3 unspecified atom stereocenters. The van der Waals surface area contributed by atoms with Gasteiger partial charge in [0.15, 0.2) is 5.82 Å². The van der Waals surface area contributed by atoms with Gasteiger partial charge in [-0.05, 0) is 38.0 Å². The van der Waals surface area contributed by atoms with Crippen molar-refractivity contribution in [2.24, 2.45) is 11.8 Å². The lowest BCUT2D eigenvalue weighted by Crippen LogP contribution is -2.39. The highest BCUT2D eigenvalue weighted by Gasteiger charge is 2.31. The van der Waals surface area contributed by atoms with Gasteiger partial charge in [0, 0.05) is 19.0 Å². The van der Waals surface area contributed by atoms with Crippen LogP contribution < -0.4 is 5.32 Å². The Morgan fingerprint density at radius 1 is 1.16 bits per heavy atom. The molecular weight excluding hydrogens is 238 g/mol. The molecule has 0 bridgehead atoms. The lowest BCUT2D eigenvalue weighted by atomic mass is 9.69. The topological polar surface area (TPSA) is 51.0 Å². The summed E-state index contributed by atoms with van der Waals surface area (Å²) in [5.41, 5.74) is 0. The third-order valence-corrected chi connectivity index (χ3v) is 4.88. The lowest BCUT2D eigenvalue weighted by Gasteiger charge is -2.39. The number of aromatic nitrogens is 2. The average Bonchev–Trinajstić information content (AvgIpc) is 2.84. The van der Waals surface area contributed by atoms with Crippen molar-refractivity contribution in [3.63, 3.8) is 0 Å². The third kappa shape index (κ3) is 3.35. The van der Waals surface area contributed by atoms with Gasteiger partial charge in [-0.15, -0.1) is 0 Å². The molecule has 0 aliphatic heterocycles. The molecule has 0 amide bonds. The zero-order valence-electron chi connectivity index (χ0n) is 11.9. The Labute approximate surface area is 115 Å². The first-order chi connectivity index (χ1) is 9.31. The predicted molar refractivity (Wildman–Crippen MR) is 73.8 cm³/mol. The Balaban J connectivity index is 1.41. The van der Waals surface area contributed by atoms with Crippen LogP contribution in [0.15, 0.2) is 4.52 Å². The van der Waals surface area contributed by atoms with Crippen LogP contribution in [0.5, 0.6) is 0 Å². The smallest absolute Gasteiger partial charge is 0.227 e. The summed E-state index contributed by atoms with van der Waals surface area (Å²) in [7, 11) is 0. The number of aryl methyl sites for hydroxylation is 1. The van der Waals surface area contributed by atoms with Crippen LogP contribution in [-0.4, -0.2) is 22.7 Å². The maximum atomic E-state index is 5.14. The fourth-order valence-corrected chi connectivity index (χ4v) is 3.88. The highest BCUT2D eigenvalue weighted by molar-refractivity contribution is 4.88. The van der Waals surface area contributed by atoms with Crippen molar-refractivity contribution in [1.29, 1.82) is 0 Å². The predicted octanol–water partition coefficient (Wildman–Crippen LogP) is 2.87. The van der Waals surface area contributed by atoms with E-state index in [4.69, 9.17) is 4.52 Å². The summed E-state index contributed by atoms with van der Waals surface area (Å²) >= 11 is 0. The van der Waals surface area contributed by atoms with Gasteiger partial charge in [0.1, 0.15) is 0 Å². The largest absolute Gasteiger partial charge is 0.339 e.